The number of ether oxygens (including phenoxy) is 1. The molecule has 1 aliphatic rings. The van der Waals surface area contributed by atoms with Crippen LogP contribution in [-0.4, -0.2) is 44.3 Å². The number of rotatable bonds is 6. The number of nitrogens with one attached hydrogen (secondary N) is 1. The maximum atomic E-state index is 12.6. The Kier molecular flexibility index (Phi) is 6.34. The van der Waals surface area contributed by atoms with E-state index in [-0.39, 0.29) is 4.90 Å². The van der Waals surface area contributed by atoms with Crippen LogP contribution in [0, 0.1) is 13.8 Å². The lowest BCUT2D eigenvalue weighted by molar-refractivity contribution is -0.119. The van der Waals surface area contributed by atoms with Crippen molar-refractivity contribution < 1.29 is 22.7 Å². The lowest BCUT2D eigenvalue weighted by Crippen LogP contribution is -2.28. The Hall–Kier alpha value is -2.71. The SMILES string of the molecule is Cc1cc(C)cc(C(=O)OCC(=O)Nc2cccc(S(=O)(=O)N3CCCC3)c2)c1. The van der Waals surface area contributed by atoms with Gasteiger partial charge in [-0.25, -0.2) is 13.2 Å². The minimum Gasteiger partial charge on any atom is -0.452 e. The topological polar surface area (TPSA) is 92.8 Å². The molecule has 0 saturated carbocycles. The smallest absolute Gasteiger partial charge is 0.338 e. The van der Waals surface area contributed by atoms with Crippen molar-refractivity contribution in [1.29, 1.82) is 0 Å². The lowest BCUT2D eigenvalue weighted by atomic mass is 10.1. The molecule has 0 atom stereocenters. The van der Waals surface area contributed by atoms with Crippen molar-refractivity contribution in [3.05, 3.63) is 59.2 Å². The second-order valence-corrected chi connectivity index (χ2v) is 9.08. The van der Waals surface area contributed by atoms with E-state index in [2.05, 4.69) is 5.32 Å². The van der Waals surface area contributed by atoms with Crippen LogP contribution in [0.1, 0.15) is 34.3 Å². The fourth-order valence-corrected chi connectivity index (χ4v) is 4.88. The zero-order valence-electron chi connectivity index (χ0n) is 16.5. The van der Waals surface area contributed by atoms with Crippen LogP contribution in [0.15, 0.2) is 47.4 Å². The summed E-state index contributed by atoms with van der Waals surface area (Å²) >= 11 is 0. The molecule has 154 valence electrons. The van der Waals surface area contributed by atoms with Gasteiger partial charge >= 0.3 is 5.97 Å². The molecule has 0 aromatic heterocycles. The third-order valence-electron chi connectivity index (χ3n) is 4.61. The van der Waals surface area contributed by atoms with E-state index in [1.165, 1.54) is 16.4 Å². The molecule has 0 unspecified atom stereocenters. The molecule has 0 aliphatic carbocycles. The number of benzene rings is 2. The highest BCUT2D eigenvalue weighted by atomic mass is 32.2. The molecule has 7 nitrogen and oxygen atoms in total. The Morgan fingerprint density at radius 1 is 1.03 bits per heavy atom. The Bertz CT molecular complexity index is 1010. The monoisotopic (exact) mass is 416 g/mol. The first-order valence-corrected chi connectivity index (χ1v) is 10.9. The van der Waals surface area contributed by atoms with Gasteiger partial charge in [0.25, 0.3) is 5.91 Å². The molecule has 1 amide bonds. The molecule has 2 aromatic rings. The summed E-state index contributed by atoms with van der Waals surface area (Å²) in [5, 5.41) is 2.58. The minimum atomic E-state index is -3.57. The van der Waals surface area contributed by atoms with E-state index in [9.17, 15) is 18.0 Å². The lowest BCUT2D eigenvalue weighted by Gasteiger charge is -2.16. The second kappa shape index (κ2) is 8.75. The number of carbonyl (C=O) groups excluding carboxylic acids is 2. The molecular weight excluding hydrogens is 392 g/mol. The summed E-state index contributed by atoms with van der Waals surface area (Å²) in [5.41, 5.74) is 2.57. The van der Waals surface area contributed by atoms with E-state index in [1.807, 2.05) is 19.9 Å². The zero-order chi connectivity index (χ0) is 21.0. The molecule has 8 heteroatoms. The Balaban J connectivity index is 1.61. The van der Waals surface area contributed by atoms with Gasteiger partial charge in [0.15, 0.2) is 6.61 Å². The maximum Gasteiger partial charge on any atom is 0.338 e. The largest absolute Gasteiger partial charge is 0.452 e. The van der Waals surface area contributed by atoms with E-state index in [4.69, 9.17) is 4.74 Å². The number of anilines is 1. The number of aryl methyl sites for hydroxylation is 2. The molecule has 0 spiro atoms. The fourth-order valence-electron chi connectivity index (χ4n) is 3.32. The van der Waals surface area contributed by atoms with Crippen molar-refractivity contribution in [3.8, 4) is 0 Å². The van der Waals surface area contributed by atoms with E-state index < -0.39 is 28.5 Å². The Labute approximate surface area is 170 Å². The van der Waals surface area contributed by atoms with Gasteiger partial charge in [0.1, 0.15) is 0 Å². The van der Waals surface area contributed by atoms with Crippen LogP contribution >= 0.6 is 0 Å². The third-order valence-corrected chi connectivity index (χ3v) is 6.51. The number of hydrogen-bond donors (Lipinski definition) is 1. The van der Waals surface area contributed by atoms with Gasteiger partial charge in [-0.1, -0.05) is 23.3 Å². The predicted octanol–water partition coefficient (Wildman–Crippen LogP) is 2.88. The summed E-state index contributed by atoms with van der Waals surface area (Å²) in [6.45, 7) is 4.30. The van der Waals surface area contributed by atoms with Gasteiger partial charge < -0.3 is 10.1 Å². The molecule has 1 N–H and O–H groups in total. The molecule has 1 heterocycles. The van der Waals surface area contributed by atoms with E-state index in [1.54, 1.807) is 24.3 Å². The maximum absolute atomic E-state index is 12.6. The predicted molar refractivity (Wildman–Crippen MR) is 109 cm³/mol. The van der Waals surface area contributed by atoms with Crippen LogP contribution in [0.3, 0.4) is 0 Å². The summed E-state index contributed by atoms with van der Waals surface area (Å²) in [6, 6.07) is 11.4. The average molecular weight is 416 g/mol. The quantitative estimate of drug-likeness (QED) is 0.731. The van der Waals surface area contributed by atoms with Gasteiger partial charge in [0, 0.05) is 18.8 Å². The van der Waals surface area contributed by atoms with Crippen molar-refractivity contribution in [1.82, 2.24) is 4.31 Å². The van der Waals surface area contributed by atoms with E-state index >= 15 is 0 Å². The molecule has 2 aromatic carbocycles. The van der Waals surface area contributed by atoms with Gasteiger partial charge in [0.05, 0.1) is 10.5 Å². The molecular formula is C21H24N2O5S. The number of esters is 1. The molecule has 1 saturated heterocycles. The van der Waals surface area contributed by atoms with E-state index in [0.717, 1.165) is 24.0 Å². The summed E-state index contributed by atoms with van der Waals surface area (Å²) in [4.78, 5) is 24.4. The average Bonchev–Trinajstić information content (AvgIpc) is 3.21. The number of carbonyl (C=O) groups is 2. The van der Waals surface area contributed by atoms with Crippen molar-refractivity contribution in [2.24, 2.45) is 0 Å². The zero-order valence-corrected chi connectivity index (χ0v) is 17.3. The highest BCUT2D eigenvalue weighted by Crippen LogP contribution is 2.23. The number of hydrogen-bond acceptors (Lipinski definition) is 5. The molecule has 29 heavy (non-hydrogen) atoms. The first kappa shape index (κ1) is 21.0. The van der Waals surface area contributed by atoms with Crippen LogP contribution in [0.2, 0.25) is 0 Å². The normalized spacial score (nSPS) is 14.6. The van der Waals surface area contributed by atoms with Gasteiger partial charge in [-0.15, -0.1) is 0 Å². The van der Waals surface area contributed by atoms with Crippen LogP contribution in [0.5, 0.6) is 0 Å². The number of sulfonamides is 1. The summed E-state index contributed by atoms with van der Waals surface area (Å²) < 4.78 is 31.8. The van der Waals surface area contributed by atoms with Crippen molar-refractivity contribution in [3.63, 3.8) is 0 Å². The van der Waals surface area contributed by atoms with Gasteiger partial charge in [-0.3, -0.25) is 4.79 Å². The summed E-state index contributed by atoms with van der Waals surface area (Å²) in [7, 11) is -3.57. The van der Waals surface area contributed by atoms with Gasteiger partial charge in [-0.05, 0) is 57.0 Å². The van der Waals surface area contributed by atoms with Crippen molar-refractivity contribution >= 4 is 27.6 Å². The van der Waals surface area contributed by atoms with Gasteiger partial charge in [-0.2, -0.15) is 4.31 Å². The minimum absolute atomic E-state index is 0.129. The number of nitrogens with zero attached hydrogens (tertiary/aromatic N) is 1. The van der Waals surface area contributed by atoms with Crippen LogP contribution < -0.4 is 5.32 Å². The fraction of sp³-hybridized carbons (Fsp3) is 0.333. The first-order chi connectivity index (χ1) is 13.8. The standard InChI is InChI=1S/C21H24N2O5S/c1-15-10-16(2)12-17(11-15)21(25)28-14-20(24)22-18-6-5-7-19(13-18)29(26,27)23-8-3-4-9-23/h5-7,10-13H,3-4,8-9,14H2,1-2H3,(H,22,24). The first-order valence-electron chi connectivity index (χ1n) is 9.41. The Morgan fingerprint density at radius 3 is 2.34 bits per heavy atom. The van der Waals surface area contributed by atoms with E-state index in [0.29, 0.717) is 24.3 Å². The molecule has 1 fully saturated rings. The Morgan fingerprint density at radius 2 is 1.69 bits per heavy atom. The molecule has 1 aliphatic heterocycles. The highest BCUT2D eigenvalue weighted by molar-refractivity contribution is 7.89. The van der Waals surface area contributed by atoms with Crippen LogP contribution in [0.25, 0.3) is 0 Å². The van der Waals surface area contributed by atoms with Gasteiger partial charge in [0.2, 0.25) is 10.0 Å². The van der Waals surface area contributed by atoms with Crippen LogP contribution in [0.4, 0.5) is 5.69 Å². The summed E-state index contributed by atoms with van der Waals surface area (Å²) in [5.74, 6) is -1.13. The molecule has 0 radical (unpaired) electrons. The van der Waals surface area contributed by atoms with Crippen molar-refractivity contribution in [2.75, 3.05) is 25.0 Å². The number of amides is 1. The van der Waals surface area contributed by atoms with Crippen LogP contribution in [-0.2, 0) is 19.6 Å². The summed E-state index contributed by atoms with van der Waals surface area (Å²) in [6.07, 6.45) is 1.70. The molecule has 3 rings (SSSR count). The highest BCUT2D eigenvalue weighted by Gasteiger charge is 2.27. The second-order valence-electron chi connectivity index (χ2n) is 7.14. The van der Waals surface area contributed by atoms with Crippen molar-refractivity contribution in [2.45, 2.75) is 31.6 Å². The third kappa shape index (κ3) is 5.21. The molecule has 0 bridgehead atoms.